The summed E-state index contributed by atoms with van der Waals surface area (Å²) >= 11 is 0. The molecular weight excluding hydrogens is 216 g/mol. The van der Waals surface area contributed by atoms with E-state index in [2.05, 4.69) is 13.8 Å². The number of benzene rings is 1. The van der Waals surface area contributed by atoms with E-state index in [9.17, 15) is 9.90 Å². The summed E-state index contributed by atoms with van der Waals surface area (Å²) in [5.41, 5.74) is 0. The molecule has 0 fully saturated rings. The van der Waals surface area contributed by atoms with Crippen molar-refractivity contribution in [2.75, 3.05) is 0 Å². The van der Waals surface area contributed by atoms with E-state index in [0.717, 1.165) is 19.3 Å². The van der Waals surface area contributed by atoms with Crippen LogP contribution in [0.25, 0.3) is 0 Å². The molecule has 0 saturated heterocycles. The average Bonchev–Trinajstić information content (AvgIpc) is 2.28. The van der Waals surface area contributed by atoms with Gasteiger partial charge >= 0.3 is 5.97 Å². The first-order valence-corrected chi connectivity index (χ1v) is 6.11. The van der Waals surface area contributed by atoms with Crippen LogP contribution in [-0.2, 0) is 4.79 Å². The summed E-state index contributed by atoms with van der Waals surface area (Å²) in [6, 6.07) is 6.29. The standard InChI is InChI=1S/C14H20O3/c1-3-11(2)6-4-9-14(16)17-13-8-5-7-12(15)10-13/h5,7-8,10-11,15H,3-4,6,9H2,1-2H3. The Morgan fingerprint density at radius 1 is 1.47 bits per heavy atom. The fourth-order valence-corrected chi connectivity index (χ4v) is 1.53. The van der Waals surface area contributed by atoms with Crippen LogP contribution in [0.1, 0.15) is 39.5 Å². The highest BCUT2D eigenvalue weighted by Crippen LogP contribution is 2.19. The van der Waals surface area contributed by atoms with Gasteiger partial charge in [0.05, 0.1) is 0 Å². The molecule has 0 aliphatic heterocycles. The molecular formula is C14H20O3. The molecule has 0 aliphatic rings. The van der Waals surface area contributed by atoms with E-state index in [-0.39, 0.29) is 11.7 Å². The number of carbonyl (C=O) groups excluding carboxylic acids is 1. The van der Waals surface area contributed by atoms with Gasteiger partial charge in [-0.3, -0.25) is 4.79 Å². The first-order chi connectivity index (χ1) is 8.11. The predicted molar refractivity (Wildman–Crippen MR) is 67.0 cm³/mol. The van der Waals surface area contributed by atoms with Crippen LogP contribution in [0.4, 0.5) is 0 Å². The molecule has 3 heteroatoms. The maximum Gasteiger partial charge on any atom is 0.311 e. The van der Waals surface area contributed by atoms with Crippen LogP contribution in [0.3, 0.4) is 0 Å². The average molecular weight is 236 g/mol. The predicted octanol–water partition coefficient (Wildman–Crippen LogP) is 3.51. The van der Waals surface area contributed by atoms with Crippen LogP contribution in [0.15, 0.2) is 24.3 Å². The number of aromatic hydroxyl groups is 1. The smallest absolute Gasteiger partial charge is 0.311 e. The molecule has 1 unspecified atom stereocenters. The zero-order valence-corrected chi connectivity index (χ0v) is 10.5. The number of phenolic OH excluding ortho intramolecular Hbond substituents is 1. The Hall–Kier alpha value is -1.51. The minimum Gasteiger partial charge on any atom is -0.508 e. The Kier molecular flexibility index (Phi) is 5.53. The summed E-state index contributed by atoms with van der Waals surface area (Å²) in [5.74, 6) is 0.927. The molecule has 1 rings (SSSR count). The molecule has 1 aromatic carbocycles. The van der Waals surface area contributed by atoms with Crippen molar-refractivity contribution in [1.29, 1.82) is 0 Å². The molecule has 0 heterocycles. The minimum absolute atomic E-state index is 0.106. The SMILES string of the molecule is CCC(C)CCCC(=O)Oc1cccc(O)c1. The number of esters is 1. The summed E-state index contributed by atoms with van der Waals surface area (Å²) in [7, 11) is 0. The third-order valence-corrected chi connectivity index (χ3v) is 2.82. The van der Waals surface area contributed by atoms with Gasteiger partial charge in [0.15, 0.2) is 0 Å². The minimum atomic E-state index is -0.237. The van der Waals surface area contributed by atoms with Crippen LogP contribution in [-0.4, -0.2) is 11.1 Å². The van der Waals surface area contributed by atoms with Gasteiger partial charge in [0, 0.05) is 12.5 Å². The number of rotatable bonds is 6. The monoisotopic (exact) mass is 236 g/mol. The molecule has 3 nitrogen and oxygen atoms in total. The Morgan fingerprint density at radius 3 is 2.88 bits per heavy atom. The van der Waals surface area contributed by atoms with Crippen LogP contribution in [0, 0.1) is 5.92 Å². The number of hydrogen-bond donors (Lipinski definition) is 1. The summed E-state index contributed by atoms with van der Waals surface area (Å²) in [6.45, 7) is 4.33. The van der Waals surface area contributed by atoms with E-state index in [0.29, 0.717) is 18.1 Å². The highest BCUT2D eigenvalue weighted by Gasteiger charge is 2.06. The van der Waals surface area contributed by atoms with Gasteiger partial charge in [-0.05, 0) is 24.5 Å². The van der Waals surface area contributed by atoms with Gasteiger partial charge in [0.1, 0.15) is 11.5 Å². The highest BCUT2D eigenvalue weighted by atomic mass is 16.5. The number of phenols is 1. The normalized spacial score (nSPS) is 12.1. The Labute approximate surface area is 102 Å². The Bertz CT molecular complexity index is 360. The topological polar surface area (TPSA) is 46.5 Å². The number of hydrogen-bond acceptors (Lipinski definition) is 3. The van der Waals surface area contributed by atoms with Crippen molar-refractivity contribution in [2.45, 2.75) is 39.5 Å². The molecule has 0 aromatic heterocycles. The van der Waals surface area contributed by atoms with Gasteiger partial charge in [0.2, 0.25) is 0 Å². The van der Waals surface area contributed by atoms with Gasteiger partial charge in [0.25, 0.3) is 0 Å². The third-order valence-electron chi connectivity index (χ3n) is 2.82. The quantitative estimate of drug-likeness (QED) is 0.607. The van der Waals surface area contributed by atoms with Gasteiger partial charge in [-0.25, -0.2) is 0 Å². The van der Waals surface area contributed by atoms with E-state index < -0.39 is 0 Å². The lowest BCUT2D eigenvalue weighted by atomic mass is 10.0. The second-order valence-corrected chi connectivity index (χ2v) is 4.38. The maximum absolute atomic E-state index is 11.5. The fourth-order valence-electron chi connectivity index (χ4n) is 1.53. The molecule has 0 spiro atoms. The first kappa shape index (κ1) is 13.6. The lowest BCUT2D eigenvalue weighted by molar-refractivity contribution is -0.134. The van der Waals surface area contributed by atoms with E-state index >= 15 is 0 Å². The van der Waals surface area contributed by atoms with Crippen LogP contribution >= 0.6 is 0 Å². The second kappa shape index (κ2) is 6.94. The van der Waals surface area contributed by atoms with Gasteiger partial charge in [-0.1, -0.05) is 32.8 Å². The van der Waals surface area contributed by atoms with E-state index in [1.165, 1.54) is 6.07 Å². The first-order valence-electron chi connectivity index (χ1n) is 6.11. The van der Waals surface area contributed by atoms with Crippen molar-refractivity contribution in [3.8, 4) is 11.5 Å². The lowest BCUT2D eigenvalue weighted by Gasteiger charge is -2.07. The van der Waals surface area contributed by atoms with Crippen molar-refractivity contribution in [3.63, 3.8) is 0 Å². The number of ether oxygens (including phenoxy) is 1. The Morgan fingerprint density at radius 2 is 2.24 bits per heavy atom. The van der Waals surface area contributed by atoms with Crippen molar-refractivity contribution in [1.82, 2.24) is 0 Å². The van der Waals surface area contributed by atoms with Crippen molar-refractivity contribution < 1.29 is 14.6 Å². The van der Waals surface area contributed by atoms with E-state index in [1.54, 1.807) is 18.2 Å². The second-order valence-electron chi connectivity index (χ2n) is 4.38. The molecule has 1 N–H and O–H groups in total. The van der Waals surface area contributed by atoms with Crippen molar-refractivity contribution in [3.05, 3.63) is 24.3 Å². The van der Waals surface area contributed by atoms with Crippen molar-refractivity contribution in [2.24, 2.45) is 5.92 Å². The molecule has 94 valence electrons. The van der Waals surface area contributed by atoms with Gasteiger partial charge < -0.3 is 9.84 Å². The van der Waals surface area contributed by atoms with Crippen LogP contribution < -0.4 is 4.74 Å². The van der Waals surface area contributed by atoms with Crippen LogP contribution in [0.5, 0.6) is 11.5 Å². The maximum atomic E-state index is 11.5. The molecule has 0 saturated carbocycles. The zero-order valence-electron chi connectivity index (χ0n) is 10.5. The molecule has 0 bridgehead atoms. The molecule has 0 aliphatic carbocycles. The molecule has 0 radical (unpaired) electrons. The summed E-state index contributed by atoms with van der Waals surface area (Å²) in [6.07, 6.45) is 3.47. The Balaban J connectivity index is 2.30. The van der Waals surface area contributed by atoms with Gasteiger partial charge in [-0.15, -0.1) is 0 Å². The molecule has 0 amide bonds. The van der Waals surface area contributed by atoms with Crippen molar-refractivity contribution >= 4 is 5.97 Å². The summed E-state index contributed by atoms with van der Waals surface area (Å²) < 4.78 is 5.11. The van der Waals surface area contributed by atoms with E-state index in [1.807, 2.05) is 0 Å². The number of carbonyl (C=O) groups is 1. The summed E-state index contributed by atoms with van der Waals surface area (Å²) in [4.78, 5) is 11.5. The molecule has 1 atom stereocenters. The molecule has 1 aromatic rings. The lowest BCUT2D eigenvalue weighted by Crippen LogP contribution is -2.08. The largest absolute Gasteiger partial charge is 0.508 e. The summed E-state index contributed by atoms with van der Waals surface area (Å²) in [5, 5.41) is 9.22. The zero-order chi connectivity index (χ0) is 12.7. The highest BCUT2D eigenvalue weighted by molar-refractivity contribution is 5.72. The van der Waals surface area contributed by atoms with E-state index in [4.69, 9.17) is 4.74 Å². The fraction of sp³-hybridized carbons (Fsp3) is 0.500. The molecule has 17 heavy (non-hydrogen) atoms. The third kappa shape index (κ3) is 5.38. The van der Waals surface area contributed by atoms with Crippen LogP contribution in [0.2, 0.25) is 0 Å². The van der Waals surface area contributed by atoms with Gasteiger partial charge in [-0.2, -0.15) is 0 Å².